The van der Waals surface area contributed by atoms with Crippen LogP contribution in [0.15, 0.2) is 17.4 Å². The smallest absolute Gasteiger partial charge is 0.397 e. The summed E-state index contributed by atoms with van der Waals surface area (Å²) < 4.78 is 21.7. The van der Waals surface area contributed by atoms with Crippen LogP contribution in [0.5, 0.6) is 0 Å². The summed E-state index contributed by atoms with van der Waals surface area (Å²) in [6.45, 7) is -0.682. The van der Waals surface area contributed by atoms with Gasteiger partial charge in [0.15, 0.2) is 11.9 Å². The molecule has 14 nitrogen and oxygen atoms in total. The summed E-state index contributed by atoms with van der Waals surface area (Å²) in [5, 5.41) is 23.8. The SMILES string of the molecule is [N-]=[N+]=Nc1nc2c(N)ccnc2n1[C@@H]1O[C@H](COP(=O)(O)O)[C@@H](O)[C@H]1O. The maximum absolute atomic E-state index is 10.8. The van der Waals surface area contributed by atoms with E-state index >= 15 is 0 Å². The number of imidazole rings is 1. The molecule has 3 rings (SSSR count). The molecule has 1 aliphatic rings. The van der Waals surface area contributed by atoms with Gasteiger partial charge in [-0.05, 0) is 16.7 Å². The summed E-state index contributed by atoms with van der Waals surface area (Å²) in [6, 6.07) is 1.47. The monoisotopic (exact) mass is 387 g/mol. The van der Waals surface area contributed by atoms with Gasteiger partial charge in [0.1, 0.15) is 23.8 Å². The number of aliphatic hydroxyl groups excluding tert-OH is 2. The van der Waals surface area contributed by atoms with Gasteiger partial charge in [0, 0.05) is 11.1 Å². The maximum Gasteiger partial charge on any atom is 0.469 e. The highest BCUT2D eigenvalue weighted by molar-refractivity contribution is 7.46. The Morgan fingerprint density at radius 3 is 2.85 bits per heavy atom. The zero-order valence-electron chi connectivity index (χ0n) is 12.9. The lowest BCUT2D eigenvalue weighted by molar-refractivity contribution is -0.0495. The average molecular weight is 387 g/mol. The number of nitrogens with two attached hydrogens (primary N) is 1. The number of anilines is 1. The van der Waals surface area contributed by atoms with Gasteiger partial charge in [-0.3, -0.25) is 9.09 Å². The normalized spacial score (nSPS) is 26.2. The molecule has 6 N–H and O–H groups in total. The van der Waals surface area contributed by atoms with Crippen LogP contribution in [-0.4, -0.2) is 59.5 Å². The number of hydrogen-bond donors (Lipinski definition) is 5. The van der Waals surface area contributed by atoms with Crippen molar-refractivity contribution in [3.63, 3.8) is 0 Å². The van der Waals surface area contributed by atoms with Gasteiger partial charge in [-0.2, -0.15) is 0 Å². The van der Waals surface area contributed by atoms with Crippen molar-refractivity contribution in [2.24, 2.45) is 5.11 Å². The number of hydrogen-bond acceptors (Lipinski definition) is 9. The van der Waals surface area contributed by atoms with Gasteiger partial charge in [0.05, 0.1) is 12.3 Å². The molecule has 0 spiro atoms. The van der Waals surface area contributed by atoms with E-state index in [1.165, 1.54) is 12.3 Å². The fourth-order valence-electron chi connectivity index (χ4n) is 2.59. The molecule has 15 heteroatoms. The molecule has 1 fully saturated rings. The number of pyridine rings is 1. The Labute approximate surface area is 144 Å². The first-order valence-corrected chi connectivity index (χ1v) is 8.65. The number of phosphoric ester groups is 1. The molecule has 2 aromatic rings. The van der Waals surface area contributed by atoms with E-state index in [-0.39, 0.29) is 22.8 Å². The molecule has 0 saturated carbocycles. The number of aliphatic hydroxyl groups is 2. The summed E-state index contributed by atoms with van der Waals surface area (Å²) >= 11 is 0. The summed E-state index contributed by atoms with van der Waals surface area (Å²) in [5.74, 6) is -0.222. The molecule has 0 unspecified atom stereocenters. The molecule has 0 amide bonds. The van der Waals surface area contributed by atoms with Crippen molar-refractivity contribution in [2.45, 2.75) is 24.5 Å². The summed E-state index contributed by atoms with van der Waals surface area (Å²) in [7, 11) is -4.80. The van der Waals surface area contributed by atoms with Crippen molar-refractivity contribution in [3.8, 4) is 0 Å². The number of nitrogen functional groups attached to an aromatic ring is 1. The summed E-state index contributed by atoms with van der Waals surface area (Å²) in [6.07, 6.45) is -4.30. The number of nitrogens with zero attached hydrogens (tertiary/aromatic N) is 6. The zero-order chi connectivity index (χ0) is 19.1. The number of fused-ring (bicyclic) bond motifs is 1. The topological polar surface area (TPSA) is 222 Å². The van der Waals surface area contributed by atoms with Crippen LogP contribution < -0.4 is 5.73 Å². The minimum atomic E-state index is -4.80. The Bertz CT molecular complexity index is 923. The van der Waals surface area contributed by atoms with Gasteiger partial charge in [-0.1, -0.05) is 0 Å². The molecular weight excluding hydrogens is 373 g/mol. The third kappa shape index (κ3) is 3.35. The van der Waals surface area contributed by atoms with Crippen LogP contribution in [0.4, 0.5) is 11.6 Å². The molecule has 0 aromatic carbocycles. The van der Waals surface area contributed by atoms with Crippen molar-refractivity contribution >= 4 is 30.6 Å². The third-order valence-electron chi connectivity index (χ3n) is 3.72. The molecule has 26 heavy (non-hydrogen) atoms. The van der Waals surface area contributed by atoms with E-state index in [1.807, 2.05) is 0 Å². The number of aromatic nitrogens is 3. The Morgan fingerprint density at radius 1 is 1.46 bits per heavy atom. The first-order chi connectivity index (χ1) is 12.2. The Hall–Kier alpha value is -2.28. The Kier molecular flexibility index (Phi) is 4.84. The second-order valence-electron chi connectivity index (χ2n) is 5.38. The van der Waals surface area contributed by atoms with E-state index < -0.39 is 39.0 Å². The fraction of sp³-hybridized carbons (Fsp3) is 0.455. The second-order valence-corrected chi connectivity index (χ2v) is 6.62. The van der Waals surface area contributed by atoms with Crippen LogP contribution in [0.2, 0.25) is 0 Å². The van der Waals surface area contributed by atoms with Crippen molar-refractivity contribution in [1.82, 2.24) is 14.5 Å². The molecule has 0 radical (unpaired) electrons. The van der Waals surface area contributed by atoms with Crippen molar-refractivity contribution < 1.29 is 33.8 Å². The van der Waals surface area contributed by atoms with Gasteiger partial charge in [-0.15, -0.1) is 0 Å². The fourth-order valence-corrected chi connectivity index (χ4v) is 2.93. The summed E-state index contributed by atoms with van der Waals surface area (Å²) in [5.41, 5.74) is 15.1. The first-order valence-electron chi connectivity index (χ1n) is 7.12. The van der Waals surface area contributed by atoms with E-state index in [1.54, 1.807) is 0 Å². The molecule has 1 saturated heterocycles. The predicted octanol–water partition coefficient (Wildman–Crippen LogP) is -0.316. The lowest BCUT2D eigenvalue weighted by Gasteiger charge is -2.18. The molecule has 3 heterocycles. The quantitative estimate of drug-likeness (QED) is 0.195. The molecule has 0 aliphatic carbocycles. The van der Waals surface area contributed by atoms with E-state index in [4.69, 9.17) is 25.8 Å². The third-order valence-corrected chi connectivity index (χ3v) is 4.21. The van der Waals surface area contributed by atoms with Gasteiger partial charge in [0.25, 0.3) is 0 Å². The lowest BCUT2D eigenvalue weighted by atomic mass is 10.1. The van der Waals surface area contributed by atoms with E-state index in [0.717, 1.165) is 4.57 Å². The molecule has 2 aromatic heterocycles. The summed E-state index contributed by atoms with van der Waals surface area (Å²) in [4.78, 5) is 28.3. The molecule has 4 atom stereocenters. The maximum atomic E-state index is 10.8. The van der Waals surface area contributed by atoms with Crippen molar-refractivity contribution in [3.05, 3.63) is 22.7 Å². The lowest BCUT2D eigenvalue weighted by Crippen LogP contribution is -2.33. The van der Waals surface area contributed by atoms with Gasteiger partial charge in [0.2, 0.25) is 5.95 Å². The Morgan fingerprint density at radius 2 is 2.19 bits per heavy atom. The van der Waals surface area contributed by atoms with Crippen LogP contribution in [0.25, 0.3) is 21.6 Å². The first kappa shape index (κ1) is 18.5. The van der Waals surface area contributed by atoms with Gasteiger partial charge < -0.3 is 30.5 Å². The van der Waals surface area contributed by atoms with E-state index in [0.29, 0.717) is 0 Å². The van der Waals surface area contributed by atoms with Gasteiger partial charge in [-0.25, -0.2) is 14.5 Å². The molecule has 0 bridgehead atoms. The van der Waals surface area contributed by atoms with Crippen molar-refractivity contribution in [2.75, 3.05) is 12.3 Å². The highest BCUT2D eigenvalue weighted by Crippen LogP contribution is 2.40. The van der Waals surface area contributed by atoms with Crippen LogP contribution in [-0.2, 0) is 13.8 Å². The minimum Gasteiger partial charge on any atom is -0.397 e. The zero-order valence-corrected chi connectivity index (χ0v) is 13.8. The van der Waals surface area contributed by atoms with Crippen LogP contribution >= 0.6 is 7.82 Å². The standard InChI is InChI=1S/C11H14N7O7P/c12-4-1-2-14-9-6(4)15-11(16-17-13)18(9)10-8(20)7(19)5(25-10)3-24-26(21,22)23/h1-2,5,7-8,10,19-20H,3H2,(H2,12,14)(H2,21,22,23)/t5-,7-,8-,10-/m1/s1. The van der Waals surface area contributed by atoms with Crippen LogP contribution in [0.3, 0.4) is 0 Å². The van der Waals surface area contributed by atoms with Crippen LogP contribution in [0, 0.1) is 0 Å². The van der Waals surface area contributed by atoms with Crippen molar-refractivity contribution in [1.29, 1.82) is 0 Å². The largest absolute Gasteiger partial charge is 0.469 e. The number of rotatable bonds is 5. The predicted molar refractivity (Wildman–Crippen MR) is 84.7 cm³/mol. The van der Waals surface area contributed by atoms with E-state index in [9.17, 15) is 14.8 Å². The number of ether oxygens (including phenoxy) is 1. The number of azide groups is 1. The molecule has 140 valence electrons. The highest BCUT2D eigenvalue weighted by Gasteiger charge is 2.46. The average Bonchev–Trinajstić information content (AvgIpc) is 3.05. The minimum absolute atomic E-state index is 0.125. The molecule has 1 aliphatic heterocycles. The Balaban J connectivity index is 2.00. The second kappa shape index (κ2) is 6.79. The molecular formula is C11H14N7O7P. The van der Waals surface area contributed by atoms with Gasteiger partial charge >= 0.3 is 7.82 Å². The number of phosphoric acid groups is 1. The van der Waals surface area contributed by atoms with E-state index in [2.05, 4.69) is 24.5 Å². The van der Waals surface area contributed by atoms with Crippen LogP contribution in [0.1, 0.15) is 6.23 Å². The highest BCUT2D eigenvalue weighted by atomic mass is 31.2.